The first kappa shape index (κ1) is 32.4. The number of Topliss-reactive ketones (excluding diaryl/α,β-unsaturated/α-hetero) is 1. The zero-order chi connectivity index (χ0) is 29.9. The van der Waals surface area contributed by atoms with E-state index in [0.29, 0.717) is 19.4 Å². The molecule has 2 N–H and O–H groups in total. The molecule has 40 heavy (non-hydrogen) atoms. The van der Waals surface area contributed by atoms with Crippen LogP contribution in [0, 0.1) is 24.2 Å². The minimum absolute atomic E-state index is 0.0174. The van der Waals surface area contributed by atoms with Crippen molar-refractivity contribution in [3.63, 3.8) is 0 Å². The molecule has 0 bridgehead atoms. The van der Waals surface area contributed by atoms with Crippen molar-refractivity contribution >= 4 is 35.1 Å². The van der Waals surface area contributed by atoms with E-state index in [1.54, 1.807) is 20.8 Å². The molecule has 2 aliphatic heterocycles. The van der Waals surface area contributed by atoms with E-state index in [1.807, 2.05) is 56.1 Å². The molecule has 0 unspecified atom stereocenters. The second-order valence-electron chi connectivity index (χ2n) is 12.6. The Labute approximate surface area is 242 Å². The van der Waals surface area contributed by atoms with Gasteiger partial charge in [-0.3, -0.25) is 14.4 Å². The summed E-state index contributed by atoms with van der Waals surface area (Å²) in [6.07, 6.45) is 1.49. The number of hydrogen-bond acceptors (Lipinski definition) is 9. The van der Waals surface area contributed by atoms with E-state index in [-0.39, 0.29) is 36.1 Å². The Morgan fingerprint density at radius 1 is 1.23 bits per heavy atom. The van der Waals surface area contributed by atoms with Crippen molar-refractivity contribution in [2.24, 2.45) is 17.3 Å². The van der Waals surface area contributed by atoms with E-state index in [9.17, 15) is 24.6 Å². The number of amides is 1. The van der Waals surface area contributed by atoms with Crippen molar-refractivity contribution in [2.45, 2.75) is 104 Å². The number of aliphatic hydroxyl groups excluding tert-OH is 2. The topological polar surface area (TPSA) is 120 Å². The van der Waals surface area contributed by atoms with E-state index in [1.165, 1.54) is 11.3 Å². The van der Waals surface area contributed by atoms with Crippen LogP contribution >= 0.6 is 11.3 Å². The molecule has 2 fully saturated rings. The number of ether oxygens (including phenoxy) is 1. The van der Waals surface area contributed by atoms with Gasteiger partial charge >= 0.3 is 5.97 Å². The third kappa shape index (κ3) is 7.78. The van der Waals surface area contributed by atoms with Crippen LogP contribution in [-0.4, -0.2) is 93.7 Å². The van der Waals surface area contributed by atoms with Gasteiger partial charge in [0, 0.05) is 17.7 Å². The Kier molecular flexibility index (Phi) is 10.7. The molecule has 1 amide bonds. The number of rotatable bonds is 4. The maximum absolute atomic E-state index is 13.3. The molecule has 2 aliphatic rings. The van der Waals surface area contributed by atoms with E-state index in [2.05, 4.69) is 4.98 Å². The van der Waals surface area contributed by atoms with Gasteiger partial charge in [0.25, 0.3) is 0 Å². The highest BCUT2D eigenvalue weighted by molar-refractivity contribution is 7.09. The molecule has 0 aliphatic carbocycles. The van der Waals surface area contributed by atoms with Crippen molar-refractivity contribution in [3.05, 3.63) is 21.7 Å². The van der Waals surface area contributed by atoms with Gasteiger partial charge in [-0.2, -0.15) is 0 Å². The van der Waals surface area contributed by atoms with E-state index < -0.39 is 35.6 Å². The Hall–Kier alpha value is -2.14. The van der Waals surface area contributed by atoms with Crippen molar-refractivity contribution < 1.29 is 29.3 Å². The fraction of sp³-hybridized carbons (Fsp3) is 0.733. The minimum atomic E-state index is -1.27. The van der Waals surface area contributed by atoms with Gasteiger partial charge in [-0.05, 0) is 58.4 Å². The fourth-order valence-corrected chi connectivity index (χ4v) is 6.39. The first-order valence-electron chi connectivity index (χ1n) is 14.3. The van der Waals surface area contributed by atoms with Crippen LogP contribution in [-0.2, 0) is 19.1 Å². The number of aliphatic hydroxyl groups is 2. The monoisotopic (exact) mass is 577 g/mol. The molecule has 10 heteroatoms. The first-order chi connectivity index (χ1) is 18.6. The van der Waals surface area contributed by atoms with Gasteiger partial charge in [0.2, 0.25) is 5.91 Å². The number of aryl methyl sites for hydroxylation is 1. The summed E-state index contributed by atoms with van der Waals surface area (Å²) < 4.78 is 5.96. The summed E-state index contributed by atoms with van der Waals surface area (Å²) >= 11 is 1.54. The Balaban J connectivity index is 1.93. The zero-order valence-electron chi connectivity index (χ0n) is 25.2. The van der Waals surface area contributed by atoms with Crippen LogP contribution in [0.5, 0.6) is 0 Å². The summed E-state index contributed by atoms with van der Waals surface area (Å²) in [6.45, 7) is 11.0. The summed E-state index contributed by atoms with van der Waals surface area (Å²) in [6, 6.07) is -0.0652. The zero-order valence-corrected chi connectivity index (χ0v) is 26.0. The Morgan fingerprint density at radius 2 is 1.90 bits per heavy atom. The molecule has 224 valence electrons. The predicted molar refractivity (Wildman–Crippen MR) is 156 cm³/mol. The highest BCUT2D eigenvalue weighted by Crippen LogP contribution is 2.39. The summed E-state index contributed by atoms with van der Waals surface area (Å²) in [5, 5.41) is 24.8. The molecule has 1 aromatic rings. The molecule has 0 aromatic carbocycles. The number of thiazole rings is 1. The second-order valence-corrected chi connectivity index (χ2v) is 13.6. The van der Waals surface area contributed by atoms with Crippen LogP contribution < -0.4 is 0 Å². The number of nitrogens with zero attached hydrogens (tertiary/aromatic N) is 3. The van der Waals surface area contributed by atoms with Crippen LogP contribution in [0.4, 0.5) is 0 Å². The van der Waals surface area contributed by atoms with Crippen LogP contribution in [0.3, 0.4) is 0 Å². The number of esters is 1. The lowest BCUT2D eigenvalue weighted by molar-refractivity contribution is -0.154. The smallest absolute Gasteiger partial charge is 0.309 e. The standard InChI is InChI=1S/C30H47N3O6S/c1-17-10-9-11-22-23(33(22)26(35)15-32(7)8)13-24(18(2)12-21-16-40-20(4)31-21)39-27(36)14-25(34)30(5,6)29(38)19(3)28(17)37/h12,16-17,19,22-25,28,34,37H,9-11,13-15H2,1-8H3/t17-,19+,22+,23-,24-,25-,28-,33?/m0/s1. The average Bonchev–Trinajstić information content (AvgIpc) is 3.39. The predicted octanol–water partition coefficient (Wildman–Crippen LogP) is 3.46. The molecule has 3 heterocycles. The maximum Gasteiger partial charge on any atom is 0.309 e. The summed E-state index contributed by atoms with van der Waals surface area (Å²) in [5.41, 5.74) is 0.344. The van der Waals surface area contributed by atoms with Gasteiger partial charge < -0.3 is 24.7 Å². The largest absolute Gasteiger partial charge is 0.458 e. The Bertz CT molecular complexity index is 1100. The number of carbonyl (C=O) groups is 3. The molecule has 1 aromatic heterocycles. The third-order valence-electron chi connectivity index (χ3n) is 8.55. The van der Waals surface area contributed by atoms with E-state index in [0.717, 1.165) is 29.1 Å². The summed E-state index contributed by atoms with van der Waals surface area (Å²) in [7, 11) is 3.72. The molecular weight excluding hydrogens is 530 g/mol. The van der Waals surface area contributed by atoms with Crippen molar-refractivity contribution in [3.8, 4) is 0 Å². The highest BCUT2D eigenvalue weighted by Gasteiger charge is 2.51. The van der Waals surface area contributed by atoms with Crippen LogP contribution in [0.1, 0.15) is 77.4 Å². The molecule has 0 saturated carbocycles. The minimum Gasteiger partial charge on any atom is -0.458 e. The molecular formula is C30H47N3O6S. The quantitative estimate of drug-likeness (QED) is 0.413. The number of fused-ring (bicyclic) bond motifs is 1. The molecule has 7 atom stereocenters. The van der Waals surface area contributed by atoms with Gasteiger partial charge in [0.15, 0.2) is 0 Å². The van der Waals surface area contributed by atoms with Crippen LogP contribution in [0.25, 0.3) is 6.08 Å². The second kappa shape index (κ2) is 13.2. The Morgan fingerprint density at radius 3 is 2.50 bits per heavy atom. The first-order valence-corrected chi connectivity index (χ1v) is 15.2. The van der Waals surface area contributed by atoms with Crippen molar-refractivity contribution in [1.29, 1.82) is 0 Å². The number of aromatic nitrogens is 1. The van der Waals surface area contributed by atoms with Crippen molar-refractivity contribution in [2.75, 3.05) is 20.6 Å². The van der Waals surface area contributed by atoms with Crippen molar-refractivity contribution in [1.82, 2.24) is 14.8 Å². The number of ketones is 1. The van der Waals surface area contributed by atoms with Gasteiger partial charge in [-0.15, -0.1) is 11.3 Å². The maximum atomic E-state index is 13.3. The lowest BCUT2D eigenvalue weighted by Crippen LogP contribution is -2.45. The average molecular weight is 578 g/mol. The van der Waals surface area contributed by atoms with Crippen LogP contribution in [0.2, 0.25) is 0 Å². The van der Waals surface area contributed by atoms with Gasteiger partial charge in [-0.1, -0.05) is 34.1 Å². The lowest BCUT2D eigenvalue weighted by atomic mass is 9.73. The van der Waals surface area contributed by atoms with Gasteiger partial charge in [0.1, 0.15) is 11.9 Å². The lowest BCUT2D eigenvalue weighted by Gasteiger charge is -2.34. The summed E-state index contributed by atoms with van der Waals surface area (Å²) in [5.74, 6) is -1.70. The normalized spacial score (nSPS) is 32.5. The highest BCUT2D eigenvalue weighted by atomic mass is 32.1. The SMILES string of the molecule is CC(=Cc1csc(C)n1)[C@@H]1C[C@H]2[C@@H](CCC[C@H](C)[C@H](O)[C@@H](C)C(=O)C(C)(C)[C@@H](O)CC(=O)O1)N2C(=O)CN(C)C. The summed E-state index contributed by atoms with van der Waals surface area (Å²) in [4.78, 5) is 47.8. The van der Waals surface area contributed by atoms with E-state index >= 15 is 0 Å². The van der Waals surface area contributed by atoms with Gasteiger partial charge in [0.05, 0.1) is 53.4 Å². The molecule has 0 radical (unpaired) electrons. The number of hydrogen-bond donors (Lipinski definition) is 2. The van der Waals surface area contributed by atoms with E-state index in [4.69, 9.17) is 4.74 Å². The number of likely N-dealkylation sites (N-methyl/N-ethyl adjacent to an activating group) is 1. The fourth-order valence-electron chi connectivity index (χ4n) is 5.82. The van der Waals surface area contributed by atoms with Crippen LogP contribution in [0.15, 0.2) is 11.0 Å². The molecule has 9 nitrogen and oxygen atoms in total. The van der Waals surface area contributed by atoms with Gasteiger partial charge in [-0.25, -0.2) is 4.98 Å². The molecule has 0 spiro atoms. The molecule has 3 rings (SSSR count). The third-order valence-corrected chi connectivity index (χ3v) is 9.35. The number of carbonyl (C=O) groups excluding carboxylic acids is 3. The molecule has 2 saturated heterocycles. The number of cyclic esters (lactones) is 1.